The third-order valence-electron chi connectivity index (χ3n) is 5.89. The molecule has 7 heteroatoms. The van der Waals surface area contributed by atoms with Crippen LogP contribution in [0.2, 0.25) is 0 Å². The molecule has 198 valence electrons. The lowest BCUT2D eigenvalue weighted by Crippen LogP contribution is -2.59. The number of rotatable bonds is 19. The number of carbonyl (C=O) groups is 1. The van der Waals surface area contributed by atoms with Crippen LogP contribution in [-0.2, 0) is 19.0 Å². The van der Waals surface area contributed by atoms with Crippen LogP contribution in [0.3, 0.4) is 0 Å². The van der Waals surface area contributed by atoms with E-state index in [-0.39, 0.29) is 12.6 Å². The lowest BCUT2D eigenvalue weighted by atomic mass is 9.99. The number of unbranched alkanes of at least 4 members (excludes halogenated alkanes) is 8. The van der Waals surface area contributed by atoms with Crippen molar-refractivity contribution in [2.24, 2.45) is 0 Å². The van der Waals surface area contributed by atoms with Gasteiger partial charge in [-0.2, -0.15) is 0 Å². The van der Waals surface area contributed by atoms with Crippen molar-refractivity contribution in [2.75, 3.05) is 13.2 Å². The summed E-state index contributed by atoms with van der Waals surface area (Å²) in [5.41, 5.74) is 0. The van der Waals surface area contributed by atoms with Crippen LogP contribution in [0.15, 0.2) is 24.3 Å². The first kappa shape index (κ1) is 30.8. The molecule has 1 unspecified atom stereocenters. The summed E-state index contributed by atoms with van der Waals surface area (Å²) in [6.07, 6.45) is 16.2. The molecule has 5 atom stereocenters. The SMILES string of the molecule is CCCCCC=CCC=CCCCCCCCC(=O)OC[C@H]1OC(OCCC)[C@H](O)[C@@H](O)[C@@H]1O. The highest BCUT2D eigenvalue weighted by molar-refractivity contribution is 5.69. The van der Waals surface area contributed by atoms with E-state index in [1.807, 2.05) is 6.92 Å². The van der Waals surface area contributed by atoms with Crippen LogP contribution in [-0.4, -0.2) is 65.2 Å². The maximum Gasteiger partial charge on any atom is 0.305 e. The summed E-state index contributed by atoms with van der Waals surface area (Å²) in [7, 11) is 0. The average Bonchev–Trinajstić information content (AvgIpc) is 2.84. The number of hydrogen-bond acceptors (Lipinski definition) is 7. The molecule has 1 aliphatic rings. The second kappa shape index (κ2) is 20.0. The van der Waals surface area contributed by atoms with Crippen molar-refractivity contribution in [3.8, 4) is 0 Å². The molecule has 1 rings (SSSR count). The molecule has 0 saturated carbocycles. The Bertz CT molecular complexity index is 563. The van der Waals surface area contributed by atoms with Crippen LogP contribution in [0, 0.1) is 0 Å². The Morgan fingerprint density at radius 2 is 1.44 bits per heavy atom. The van der Waals surface area contributed by atoms with Crippen LogP contribution >= 0.6 is 0 Å². The molecule has 0 radical (unpaired) electrons. The minimum absolute atomic E-state index is 0.184. The first-order chi connectivity index (χ1) is 16.5. The van der Waals surface area contributed by atoms with E-state index in [0.717, 1.165) is 51.4 Å². The lowest BCUT2D eigenvalue weighted by Gasteiger charge is -2.39. The van der Waals surface area contributed by atoms with Gasteiger partial charge in [0, 0.05) is 13.0 Å². The van der Waals surface area contributed by atoms with E-state index in [4.69, 9.17) is 14.2 Å². The van der Waals surface area contributed by atoms with Crippen LogP contribution in [0.4, 0.5) is 0 Å². The molecule has 1 fully saturated rings. The van der Waals surface area contributed by atoms with E-state index in [9.17, 15) is 20.1 Å². The molecule has 0 spiro atoms. The topological polar surface area (TPSA) is 105 Å². The van der Waals surface area contributed by atoms with Gasteiger partial charge in [0.15, 0.2) is 6.29 Å². The van der Waals surface area contributed by atoms with E-state index < -0.39 is 30.7 Å². The van der Waals surface area contributed by atoms with Gasteiger partial charge < -0.3 is 29.5 Å². The van der Waals surface area contributed by atoms with Gasteiger partial charge in [0.2, 0.25) is 0 Å². The summed E-state index contributed by atoms with van der Waals surface area (Å²) in [6.45, 7) is 4.30. The highest BCUT2D eigenvalue weighted by Crippen LogP contribution is 2.23. The van der Waals surface area contributed by atoms with Crippen LogP contribution in [0.25, 0.3) is 0 Å². The van der Waals surface area contributed by atoms with E-state index in [1.165, 1.54) is 25.7 Å². The fourth-order valence-electron chi connectivity index (χ4n) is 3.75. The smallest absolute Gasteiger partial charge is 0.305 e. The molecule has 1 heterocycles. The zero-order valence-corrected chi connectivity index (χ0v) is 21.3. The number of aliphatic hydroxyl groups excluding tert-OH is 3. The number of carbonyl (C=O) groups excluding carboxylic acids is 1. The van der Waals surface area contributed by atoms with E-state index >= 15 is 0 Å². The number of hydrogen-bond donors (Lipinski definition) is 3. The predicted molar refractivity (Wildman–Crippen MR) is 133 cm³/mol. The molecule has 7 nitrogen and oxygen atoms in total. The normalized spacial score (nSPS) is 25.4. The van der Waals surface area contributed by atoms with E-state index in [0.29, 0.717) is 13.0 Å². The minimum Gasteiger partial charge on any atom is -0.463 e. The van der Waals surface area contributed by atoms with Gasteiger partial charge in [-0.1, -0.05) is 70.3 Å². The van der Waals surface area contributed by atoms with E-state index in [1.54, 1.807) is 0 Å². The summed E-state index contributed by atoms with van der Waals surface area (Å²) < 4.78 is 16.1. The zero-order chi connectivity index (χ0) is 25.0. The maximum absolute atomic E-state index is 12.0. The number of esters is 1. The molecular formula is C27H48O7. The Balaban J connectivity index is 2.05. The fourth-order valence-corrected chi connectivity index (χ4v) is 3.75. The number of allylic oxidation sites excluding steroid dienone is 4. The first-order valence-electron chi connectivity index (χ1n) is 13.3. The quantitative estimate of drug-likeness (QED) is 0.140. The molecule has 0 aliphatic carbocycles. The van der Waals surface area contributed by atoms with Crippen molar-refractivity contribution in [3.05, 3.63) is 24.3 Å². The van der Waals surface area contributed by atoms with E-state index in [2.05, 4.69) is 31.2 Å². The van der Waals surface area contributed by atoms with Crippen LogP contribution in [0.1, 0.15) is 97.3 Å². The van der Waals surface area contributed by atoms with Gasteiger partial charge in [-0.05, 0) is 44.9 Å². The van der Waals surface area contributed by atoms with Crippen molar-refractivity contribution >= 4 is 5.97 Å². The highest BCUT2D eigenvalue weighted by atomic mass is 16.7. The van der Waals surface area contributed by atoms with Gasteiger partial charge in [0.05, 0.1) is 0 Å². The molecule has 0 amide bonds. The molecule has 34 heavy (non-hydrogen) atoms. The van der Waals surface area contributed by atoms with Gasteiger partial charge in [0.1, 0.15) is 31.0 Å². The number of ether oxygens (including phenoxy) is 3. The Morgan fingerprint density at radius 1 is 0.794 bits per heavy atom. The highest BCUT2D eigenvalue weighted by Gasteiger charge is 2.44. The summed E-state index contributed by atoms with van der Waals surface area (Å²) in [4.78, 5) is 12.0. The second-order valence-corrected chi connectivity index (χ2v) is 9.05. The minimum atomic E-state index is -1.42. The lowest BCUT2D eigenvalue weighted by molar-refractivity contribution is -0.301. The van der Waals surface area contributed by atoms with Crippen LogP contribution < -0.4 is 0 Å². The Hall–Kier alpha value is -1.25. The zero-order valence-electron chi connectivity index (χ0n) is 21.3. The molecule has 1 aliphatic heterocycles. The maximum atomic E-state index is 12.0. The summed E-state index contributed by atoms with van der Waals surface area (Å²) >= 11 is 0. The molecule has 0 aromatic rings. The molecule has 0 bridgehead atoms. The molecule has 1 saturated heterocycles. The predicted octanol–water partition coefficient (Wildman–Crippen LogP) is 4.58. The molecular weight excluding hydrogens is 436 g/mol. The Labute approximate surface area is 206 Å². The number of aliphatic hydroxyl groups is 3. The fraction of sp³-hybridized carbons (Fsp3) is 0.815. The molecule has 3 N–H and O–H groups in total. The van der Waals surface area contributed by atoms with Gasteiger partial charge >= 0.3 is 5.97 Å². The van der Waals surface area contributed by atoms with Crippen molar-refractivity contribution in [2.45, 2.75) is 128 Å². The van der Waals surface area contributed by atoms with Crippen molar-refractivity contribution in [1.82, 2.24) is 0 Å². The molecule has 0 aromatic carbocycles. The van der Waals surface area contributed by atoms with Crippen molar-refractivity contribution in [3.63, 3.8) is 0 Å². The Morgan fingerprint density at radius 3 is 2.12 bits per heavy atom. The summed E-state index contributed by atoms with van der Waals surface area (Å²) in [5, 5.41) is 30.0. The standard InChI is InChI=1S/C27H48O7/c1-3-5-6-7-8-9-10-11-12-13-14-15-16-17-18-19-23(28)33-21-22-24(29)25(30)26(31)27(34-22)32-20-4-2/h8-9,11-12,22,24-27,29-31H,3-7,10,13-21H2,1-2H3/t22-,24-,25+,26-,27?/m1/s1. The second-order valence-electron chi connectivity index (χ2n) is 9.05. The third kappa shape index (κ3) is 13.6. The summed E-state index contributed by atoms with van der Waals surface area (Å²) in [5.74, 6) is -0.354. The summed E-state index contributed by atoms with van der Waals surface area (Å²) in [6, 6.07) is 0. The molecule has 0 aromatic heterocycles. The van der Waals surface area contributed by atoms with Gasteiger partial charge in [-0.3, -0.25) is 4.79 Å². The van der Waals surface area contributed by atoms with Gasteiger partial charge in [0.25, 0.3) is 0 Å². The van der Waals surface area contributed by atoms with Crippen molar-refractivity contribution < 1.29 is 34.3 Å². The Kier molecular flexibility index (Phi) is 18.1. The van der Waals surface area contributed by atoms with Gasteiger partial charge in [-0.15, -0.1) is 0 Å². The van der Waals surface area contributed by atoms with Gasteiger partial charge in [-0.25, -0.2) is 0 Å². The average molecular weight is 485 g/mol. The first-order valence-corrected chi connectivity index (χ1v) is 13.3. The third-order valence-corrected chi connectivity index (χ3v) is 5.89. The largest absolute Gasteiger partial charge is 0.463 e. The monoisotopic (exact) mass is 484 g/mol. The van der Waals surface area contributed by atoms with Crippen LogP contribution in [0.5, 0.6) is 0 Å². The van der Waals surface area contributed by atoms with Crippen molar-refractivity contribution in [1.29, 1.82) is 0 Å².